The number of para-hydroxylation sites is 1. The number of hydrogen-bond acceptors (Lipinski definition) is 10. The molecule has 228 valence electrons. The largest absolute Gasteiger partial charge is 0.497 e. The molecular formula is C32H27N5O6S2. The van der Waals surface area contributed by atoms with Crippen molar-refractivity contribution in [1.29, 1.82) is 0 Å². The standard InChI is InChI=1S/C32H27N5O6S2/c1-17-14-25(38)36-31(33-17)45-26-13-11-21(43-26)16-24-30(40)37-28(22-12-10-20(41-3)15-23(22)42-4)27(18(2)34-32(37)44-24)29(39)35-19-8-6-5-7-9-19/h5-16,28H,1-4H3,(H,35,39)(H,33,36,38)/b24-16+/t28-/m1/s1. The number of carbonyl (C=O) groups is 1. The summed E-state index contributed by atoms with van der Waals surface area (Å²) >= 11 is 2.35. The average molecular weight is 642 g/mol. The summed E-state index contributed by atoms with van der Waals surface area (Å²) in [5.74, 6) is 1.05. The molecule has 11 nitrogen and oxygen atoms in total. The Morgan fingerprint density at radius 3 is 2.60 bits per heavy atom. The van der Waals surface area contributed by atoms with Gasteiger partial charge in [-0.1, -0.05) is 29.5 Å². The highest BCUT2D eigenvalue weighted by Gasteiger charge is 2.34. The lowest BCUT2D eigenvalue weighted by Crippen LogP contribution is -2.40. The third-order valence-corrected chi connectivity index (χ3v) is 8.74. The summed E-state index contributed by atoms with van der Waals surface area (Å²) in [6, 6.07) is 18.4. The van der Waals surface area contributed by atoms with E-state index in [1.165, 1.54) is 29.1 Å². The van der Waals surface area contributed by atoms with Crippen LogP contribution in [0.4, 0.5) is 5.69 Å². The van der Waals surface area contributed by atoms with Gasteiger partial charge in [0.05, 0.1) is 30.0 Å². The first-order valence-corrected chi connectivity index (χ1v) is 15.3. The number of aryl methyl sites for hydroxylation is 1. The number of nitrogens with zero attached hydrogens (tertiary/aromatic N) is 3. The lowest BCUT2D eigenvalue weighted by molar-refractivity contribution is -0.113. The number of H-pyrrole nitrogens is 1. The molecule has 1 atom stereocenters. The van der Waals surface area contributed by atoms with Gasteiger partial charge in [0.1, 0.15) is 23.3 Å². The van der Waals surface area contributed by atoms with E-state index >= 15 is 0 Å². The molecule has 0 saturated heterocycles. The van der Waals surface area contributed by atoms with Crippen molar-refractivity contribution < 1.29 is 18.7 Å². The maximum atomic E-state index is 14.1. The summed E-state index contributed by atoms with van der Waals surface area (Å²) in [5, 5.41) is 3.82. The number of thiazole rings is 1. The molecule has 0 fully saturated rings. The van der Waals surface area contributed by atoms with Crippen LogP contribution in [-0.4, -0.2) is 34.7 Å². The number of furan rings is 1. The Hall–Kier alpha value is -5.14. The first-order chi connectivity index (χ1) is 21.7. The van der Waals surface area contributed by atoms with Gasteiger partial charge in [0.15, 0.2) is 15.1 Å². The Labute approximate surface area is 264 Å². The summed E-state index contributed by atoms with van der Waals surface area (Å²) < 4.78 is 18.9. The number of ether oxygens (including phenoxy) is 2. The van der Waals surface area contributed by atoms with E-state index in [1.807, 2.05) is 18.2 Å². The minimum Gasteiger partial charge on any atom is -0.497 e. The van der Waals surface area contributed by atoms with Crippen LogP contribution in [0, 0.1) is 6.92 Å². The van der Waals surface area contributed by atoms with Crippen LogP contribution in [-0.2, 0) is 4.79 Å². The molecule has 0 spiro atoms. The quantitative estimate of drug-likeness (QED) is 0.242. The molecule has 6 rings (SSSR count). The lowest BCUT2D eigenvalue weighted by atomic mass is 9.94. The third-order valence-electron chi connectivity index (χ3n) is 6.95. The molecule has 1 aliphatic heterocycles. The molecule has 5 aromatic rings. The monoisotopic (exact) mass is 641 g/mol. The zero-order valence-electron chi connectivity index (χ0n) is 24.6. The number of nitrogens with one attached hydrogen (secondary N) is 2. The Morgan fingerprint density at radius 1 is 1.07 bits per heavy atom. The van der Waals surface area contributed by atoms with Crippen molar-refractivity contribution in [1.82, 2.24) is 14.5 Å². The highest BCUT2D eigenvalue weighted by molar-refractivity contribution is 7.99. The second kappa shape index (κ2) is 12.5. The van der Waals surface area contributed by atoms with Crippen molar-refractivity contribution >= 4 is 40.8 Å². The van der Waals surface area contributed by atoms with E-state index in [-0.39, 0.29) is 11.1 Å². The Kier molecular flexibility index (Phi) is 8.28. The van der Waals surface area contributed by atoms with Crippen molar-refractivity contribution in [3.63, 3.8) is 0 Å². The number of anilines is 1. The van der Waals surface area contributed by atoms with Gasteiger partial charge in [0, 0.05) is 35.2 Å². The van der Waals surface area contributed by atoms with Crippen molar-refractivity contribution in [3.8, 4) is 11.5 Å². The highest BCUT2D eigenvalue weighted by Crippen LogP contribution is 2.37. The minimum atomic E-state index is -0.847. The Morgan fingerprint density at radius 2 is 1.87 bits per heavy atom. The summed E-state index contributed by atoms with van der Waals surface area (Å²) in [6.07, 6.45) is 1.63. The van der Waals surface area contributed by atoms with Gasteiger partial charge < -0.3 is 24.2 Å². The third kappa shape index (κ3) is 6.12. The number of aromatic amines is 1. The van der Waals surface area contributed by atoms with Crippen LogP contribution in [0.1, 0.15) is 30.0 Å². The fraction of sp³-hybridized carbons (Fsp3) is 0.156. The fourth-order valence-corrected chi connectivity index (χ4v) is 6.79. The molecule has 45 heavy (non-hydrogen) atoms. The van der Waals surface area contributed by atoms with E-state index in [0.717, 1.165) is 11.8 Å². The van der Waals surface area contributed by atoms with Gasteiger partial charge in [-0.05, 0) is 62.0 Å². The second-order valence-electron chi connectivity index (χ2n) is 9.96. The maximum absolute atomic E-state index is 14.1. The van der Waals surface area contributed by atoms with Gasteiger partial charge in [-0.3, -0.25) is 19.0 Å². The predicted octanol–water partition coefficient (Wildman–Crippen LogP) is 4.03. The van der Waals surface area contributed by atoms with Crippen LogP contribution in [0.25, 0.3) is 6.08 Å². The fourth-order valence-electron chi connectivity index (χ4n) is 4.96. The van der Waals surface area contributed by atoms with E-state index in [4.69, 9.17) is 18.9 Å². The van der Waals surface area contributed by atoms with E-state index in [0.29, 0.717) is 65.1 Å². The number of benzene rings is 2. The number of hydrogen-bond donors (Lipinski definition) is 2. The molecule has 2 N–H and O–H groups in total. The number of carbonyl (C=O) groups excluding carboxylic acids is 1. The minimum absolute atomic E-state index is 0.256. The van der Waals surface area contributed by atoms with Gasteiger partial charge in [-0.25, -0.2) is 9.98 Å². The van der Waals surface area contributed by atoms with Crippen molar-refractivity contribution in [2.24, 2.45) is 4.99 Å². The van der Waals surface area contributed by atoms with Gasteiger partial charge >= 0.3 is 0 Å². The molecule has 0 bridgehead atoms. The summed E-state index contributed by atoms with van der Waals surface area (Å²) in [6.45, 7) is 3.49. The molecule has 2 aromatic carbocycles. The van der Waals surface area contributed by atoms with Crippen LogP contribution in [0.2, 0.25) is 0 Å². The predicted molar refractivity (Wildman–Crippen MR) is 171 cm³/mol. The number of fused-ring (bicyclic) bond motifs is 1. The second-order valence-corrected chi connectivity index (χ2v) is 12.0. The molecular weight excluding hydrogens is 615 g/mol. The van der Waals surface area contributed by atoms with Gasteiger partial charge in [-0.15, -0.1) is 0 Å². The molecule has 0 saturated carbocycles. The molecule has 4 heterocycles. The molecule has 0 radical (unpaired) electrons. The van der Waals surface area contributed by atoms with Crippen molar-refractivity contribution in [2.75, 3.05) is 19.5 Å². The van der Waals surface area contributed by atoms with E-state index in [9.17, 15) is 14.4 Å². The maximum Gasteiger partial charge on any atom is 0.271 e. The zero-order chi connectivity index (χ0) is 31.7. The Bertz CT molecular complexity index is 2200. The summed E-state index contributed by atoms with van der Waals surface area (Å²) in [4.78, 5) is 51.9. The van der Waals surface area contributed by atoms with E-state index in [1.54, 1.807) is 69.5 Å². The van der Waals surface area contributed by atoms with Crippen LogP contribution in [0.3, 0.4) is 0 Å². The molecule has 1 aliphatic rings. The normalized spacial score (nSPS) is 14.6. The number of methoxy groups -OCH3 is 2. The topological polar surface area (TPSA) is 141 Å². The highest BCUT2D eigenvalue weighted by atomic mass is 32.2. The van der Waals surface area contributed by atoms with Gasteiger partial charge in [0.2, 0.25) is 0 Å². The first-order valence-electron chi connectivity index (χ1n) is 13.7. The van der Waals surface area contributed by atoms with Crippen molar-refractivity contribution in [2.45, 2.75) is 30.1 Å². The van der Waals surface area contributed by atoms with Crippen LogP contribution < -0.4 is 35.2 Å². The SMILES string of the molecule is COc1ccc([C@@H]2C(C(=O)Nc3ccccc3)=C(C)N=c3s/c(=C/c4ccc(Sc5nc(C)cc(=O)[nH]5)o4)c(=O)n32)c(OC)c1. The molecule has 1 amide bonds. The molecule has 13 heteroatoms. The molecule has 0 unspecified atom stereocenters. The molecule has 0 aliphatic carbocycles. The van der Waals surface area contributed by atoms with Crippen LogP contribution >= 0.6 is 23.1 Å². The lowest BCUT2D eigenvalue weighted by Gasteiger charge is -2.26. The van der Waals surface area contributed by atoms with Crippen molar-refractivity contribution in [3.05, 3.63) is 125 Å². The van der Waals surface area contributed by atoms with E-state index in [2.05, 4.69) is 15.3 Å². The number of rotatable bonds is 8. The molecule has 3 aromatic heterocycles. The Balaban J connectivity index is 1.44. The van der Waals surface area contributed by atoms with Gasteiger partial charge in [-0.2, -0.15) is 0 Å². The first kappa shape index (κ1) is 29.9. The van der Waals surface area contributed by atoms with Gasteiger partial charge in [0.25, 0.3) is 17.0 Å². The van der Waals surface area contributed by atoms with E-state index < -0.39 is 11.9 Å². The van der Waals surface area contributed by atoms with Crippen LogP contribution in [0.15, 0.2) is 107 Å². The zero-order valence-corrected chi connectivity index (χ0v) is 26.2. The summed E-state index contributed by atoms with van der Waals surface area (Å²) in [5.41, 5.74) is 1.95. The van der Waals surface area contributed by atoms with Crippen LogP contribution in [0.5, 0.6) is 11.5 Å². The summed E-state index contributed by atoms with van der Waals surface area (Å²) in [7, 11) is 3.08. The number of aromatic nitrogens is 3. The number of amides is 1. The smallest absolute Gasteiger partial charge is 0.271 e. The number of allylic oxidation sites excluding steroid dienone is 1. The average Bonchev–Trinajstić information content (AvgIpc) is 3.58.